The Kier molecular flexibility index (Phi) is 13.0. The zero-order chi connectivity index (χ0) is 32.9. The van der Waals surface area contributed by atoms with E-state index < -0.39 is 17.5 Å². The van der Waals surface area contributed by atoms with Gasteiger partial charge in [0.15, 0.2) is 6.29 Å². The Balaban J connectivity index is 1.29. The molecule has 1 aromatic carbocycles. The van der Waals surface area contributed by atoms with Gasteiger partial charge in [0.2, 0.25) is 5.91 Å². The van der Waals surface area contributed by atoms with Crippen molar-refractivity contribution in [1.29, 1.82) is 5.26 Å². The molecule has 0 spiro atoms. The van der Waals surface area contributed by atoms with E-state index in [1.807, 2.05) is 32.9 Å². The molecule has 2 saturated heterocycles. The summed E-state index contributed by atoms with van der Waals surface area (Å²) in [4.78, 5) is 36.6. The fraction of sp³-hybridized carbons (Fsp3) is 0.588. The van der Waals surface area contributed by atoms with Gasteiger partial charge in [-0.3, -0.25) is 4.79 Å². The average Bonchev–Trinajstić information content (AvgIpc) is 3.03. The van der Waals surface area contributed by atoms with Gasteiger partial charge >= 0.3 is 6.09 Å². The second-order valence-electron chi connectivity index (χ2n) is 12.7. The van der Waals surface area contributed by atoms with E-state index in [1.165, 1.54) is 12.1 Å². The van der Waals surface area contributed by atoms with Crippen molar-refractivity contribution in [2.45, 2.75) is 103 Å². The summed E-state index contributed by atoms with van der Waals surface area (Å²) >= 11 is 0. The summed E-state index contributed by atoms with van der Waals surface area (Å²) in [6.45, 7) is 7.94. The van der Waals surface area contributed by atoms with Crippen LogP contribution in [-0.4, -0.2) is 61.2 Å². The lowest BCUT2D eigenvalue weighted by Gasteiger charge is -2.34. The highest BCUT2D eigenvalue weighted by Gasteiger charge is 2.25. The number of ether oxygens (including phenoxy) is 3. The number of aromatic nitrogens is 1. The number of benzene rings is 1. The minimum absolute atomic E-state index is 0.0119. The van der Waals surface area contributed by atoms with Crippen molar-refractivity contribution in [3.8, 4) is 23.1 Å². The molecule has 1 atom stereocenters. The highest BCUT2D eigenvalue weighted by Crippen LogP contribution is 2.30. The van der Waals surface area contributed by atoms with Gasteiger partial charge in [0, 0.05) is 56.3 Å². The van der Waals surface area contributed by atoms with Gasteiger partial charge in [-0.05, 0) is 71.4 Å². The third kappa shape index (κ3) is 11.4. The lowest BCUT2D eigenvalue weighted by Crippen LogP contribution is -2.46. The van der Waals surface area contributed by atoms with E-state index in [-0.39, 0.29) is 23.8 Å². The van der Waals surface area contributed by atoms with Crippen LogP contribution in [0.25, 0.3) is 11.3 Å². The maximum Gasteiger partial charge on any atom is 0.407 e. The quantitative estimate of drug-likeness (QED) is 0.195. The van der Waals surface area contributed by atoms with Crippen molar-refractivity contribution in [3.63, 3.8) is 0 Å². The minimum Gasteiger partial charge on any atom is -0.493 e. The van der Waals surface area contributed by atoms with Crippen LogP contribution in [0.2, 0.25) is 0 Å². The molecule has 0 radical (unpaired) electrons. The molecule has 2 aliphatic heterocycles. The van der Waals surface area contributed by atoms with Crippen molar-refractivity contribution < 1.29 is 33.0 Å². The van der Waals surface area contributed by atoms with Crippen LogP contribution in [0.5, 0.6) is 5.75 Å². The van der Waals surface area contributed by atoms with E-state index in [0.29, 0.717) is 68.4 Å². The molecule has 0 saturated carbocycles. The van der Waals surface area contributed by atoms with Crippen molar-refractivity contribution in [3.05, 3.63) is 41.7 Å². The van der Waals surface area contributed by atoms with Crippen molar-refractivity contribution in [2.24, 2.45) is 0 Å². The van der Waals surface area contributed by atoms with Gasteiger partial charge in [-0.1, -0.05) is 18.9 Å². The van der Waals surface area contributed by atoms with Crippen molar-refractivity contribution in [2.75, 3.05) is 31.2 Å². The molecule has 2 N–H and O–H groups in total. The van der Waals surface area contributed by atoms with Gasteiger partial charge in [0.25, 0.3) is 0 Å². The Hall–Kier alpha value is -3.95. The smallest absolute Gasteiger partial charge is 0.407 e. The van der Waals surface area contributed by atoms with E-state index in [0.717, 1.165) is 44.9 Å². The van der Waals surface area contributed by atoms with E-state index in [1.54, 1.807) is 12.1 Å². The average molecular weight is 640 g/mol. The molecule has 2 aliphatic rings. The summed E-state index contributed by atoms with van der Waals surface area (Å²) in [6.07, 6.45) is 7.19. The number of carbonyl (C=O) groups is 2. The van der Waals surface area contributed by atoms with Crippen LogP contribution in [-0.2, 0) is 19.1 Å². The molecule has 2 fully saturated rings. The zero-order valence-corrected chi connectivity index (χ0v) is 27.1. The monoisotopic (exact) mass is 639 g/mol. The van der Waals surface area contributed by atoms with Gasteiger partial charge in [0.05, 0.1) is 17.9 Å². The maximum absolute atomic E-state index is 14.5. The highest BCUT2D eigenvalue weighted by molar-refractivity contribution is 5.74. The van der Waals surface area contributed by atoms with Crippen LogP contribution in [0.15, 0.2) is 30.3 Å². The predicted octanol–water partition coefficient (Wildman–Crippen LogP) is 6.16. The first kappa shape index (κ1) is 34.9. The first-order valence-corrected chi connectivity index (χ1v) is 16.2. The van der Waals surface area contributed by atoms with Crippen LogP contribution in [0.1, 0.15) is 90.5 Å². The van der Waals surface area contributed by atoms with Gasteiger partial charge in [-0.15, -0.1) is 0 Å². The molecule has 4 rings (SSSR count). The number of nitriles is 1. The molecule has 0 aliphatic carbocycles. The number of nitrogens with one attached hydrogen (secondary N) is 2. The molecule has 3 heterocycles. The third-order valence-corrected chi connectivity index (χ3v) is 7.72. The molecule has 1 aromatic heterocycles. The Morgan fingerprint density at radius 3 is 2.57 bits per heavy atom. The number of nitrogens with zero attached hydrogens (tertiary/aromatic N) is 3. The number of amides is 2. The second-order valence-corrected chi connectivity index (χ2v) is 12.7. The Morgan fingerprint density at radius 1 is 1.09 bits per heavy atom. The number of halogens is 1. The summed E-state index contributed by atoms with van der Waals surface area (Å²) in [7, 11) is 0. The highest BCUT2D eigenvalue weighted by atomic mass is 19.1. The van der Waals surface area contributed by atoms with Crippen LogP contribution in [0.4, 0.5) is 15.0 Å². The topological polar surface area (TPSA) is 135 Å². The van der Waals surface area contributed by atoms with Crippen LogP contribution in [0, 0.1) is 17.1 Å². The molecule has 2 amide bonds. The molecular formula is C34H46FN5O6. The van der Waals surface area contributed by atoms with E-state index in [9.17, 15) is 14.0 Å². The minimum atomic E-state index is -0.605. The second kappa shape index (κ2) is 17.1. The zero-order valence-electron chi connectivity index (χ0n) is 27.1. The maximum atomic E-state index is 14.5. The largest absolute Gasteiger partial charge is 0.493 e. The van der Waals surface area contributed by atoms with E-state index >= 15 is 0 Å². The Morgan fingerprint density at radius 2 is 1.87 bits per heavy atom. The summed E-state index contributed by atoms with van der Waals surface area (Å²) in [5, 5.41) is 12.1. The first-order valence-electron chi connectivity index (χ1n) is 16.2. The number of pyridine rings is 1. The molecule has 0 bridgehead atoms. The molecule has 46 heavy (non-hydrogen) atoms. The molecule has 2 aromatic rings. The van der Waals surface area contributed by atoms with Gasteiger partial charge < -0.3 is 24.4 Å². The molecule has 1 unspecified atom stereocenters. The number of hydroxylamine groups is 1. The van der Waals surface area contributed by atoms with Gasteiger partial charge in [-0.2, -0.15) is 5.26 Å². The number of anilines is 1. The Labute approximate surface area is 270 Å². The fourth-order valence-electron chi connectivity index (χ4n) is 5.29. The third-order valence-electron chi connectivity index (χ3n) is 7.72. The fourth-order valence-corrected chi connectivity index (χ4v) is 5.29. The van der Waals surface area contributed by atoms with Gasteiger partial charge in [-0.25, -0.2) is 24.5 Å². The molecule has 12 heteroatoms. The summed E-state index contributed by atoms with van der Waals surface area (Å²) in [6, 6.07) is 9.94. The number of carbonyl (C=O) groups excluding carboxylic acids is 2. The Bertz CT molecular complexity index is 1350. The number of hydrogen-bond donors (Lipinski definition) is 2. The lowest BCUT2D eigenvalue weighted by atomic mass is 10.0. The number of rotatable bonds is 13. The molecule has 11 nitrogen and oxygen atoms in total. The standard InChI is InChI=1S/C34H46FN5O6/c1-34(2,3)45-33(42)37-26-14-16-40(17-15-26)30-22-27(21-29(38-30)24-12-13-25(23-36)28(35)20-24)43-18-8-5-4-6-10-31(41)39-46-32-11-7-9-19-44-32/h12-13,20-22,26,32H,4-11,14-19H2,1-3H3,(H,37,42)(H,39,41). The number of piperidine rings is 1. The number of alkyl carbamates (subject to hydrolysis) is 1. The SMILES string of the molecule is CC(C)(C)OC(=O)NC1CCN(c2cc(OCCCCCCC(=O)NOC3CCCCO3)cc(-c3ccc(C#N)c(F)c3)n2)CC1. The number of hydrogen-bond acceptors (Lipinski definition) is 9. The van der Waals surface area contributed by atoms with E-state index in [2.05, 4.69) is 15.7 Å². The van der Waals surface area contributed by atoms with Crippen LogP contribution < -0.4 is 20.4 Å². The van der Waals surface area contributed by atoms with Crippen LogP contribution >= 0.6 is 0 Å². The predicted molar refractivity (Wildman–Crippen MR) is 170 cm³/mol. The summed E-state index contributed by atoms with van der Waals surface area (Å²) in [5.74, 6) is 0.553. The lowest BCUT2D eigenvalue weighted by molar-refractivity contribution is -0.200. The van der Waals surface area contributed by atoms with E-state index in [4.69, 9.17) is 29.3 Å². The normalized spacial score (nSPS) is 17.2. The first-order chi connectivity index (χ1) is 22.1. The molecular weight excluding hydrogens is 593 g/mol. The van der Waals surface area contributed by atoms with Crippen LogP contribution in [0.3, 0.4) is 0 Å². The van der Waals surface area contributed by atoms with Crippen molar-refractivity contribution >= 4 is 17.8 Å². The van der Waals surface area contributed by atoms with Gasteiger partial charge in [0.1, 0.15) is 29.1 Å². The molecule has 250 valence electrons. The van der Waals surface area contributed by atoms with Crippen molar-refractivity contribution in [1.82, 2.24) is 15.8 Å². The summed E-state index contributed by atoms with van der Waals surface area (Å²) in [5.41, 5.74) is 2.98. The summed E-state index contributed by atoms with van der Waals surface area (Å²) < 4.78 is 31.5. The number of unbranched alkanes of at least 4 members (excludes halogenated alkanes) is 3.